The minimum absolute atomic E-state index is 0.526. The largest absolute Gasteiger partial charge is 0.461 e. The number of rotatable bonds is 3. The summed E-state index contributed by atoms with van der Waals surface area (Å²) in [5, 5.41) is 0. The maximum absolute atomic E-state index is 5.46. The molecule has 4 nitrogen and oxygen atoms in total. The molecule has 92 valence electrons. The van der Waals surface area contributed by atoms with Crippen molar-refractivity contribution in [3.05, 3.63) is 36.7 Å². The van der Waals surface area contributed by atoms with E-state index in [4.69, 9.17) is 4.42 Å². The number of aromatic nitrogens is 3. The van der Waals surface area contributed by atoms with Gasteiger partial charge in [-0.25, -0.2) is 9.97 Å². The molecule has 0 spiro atoms. The fraction of sp³-hybridized carbons (Fsp3) is 0.286. The Kier molecular flexibility index (Phi) is 2.63. The maximum Gasteiger partial charge on any atom is 0.178 e. The quantitative estimate of drug-likeness (QED) is 0.706. The first kappa shape index (κ1) is 11.0. The van der Waals surface area contributed by atoms with Gasteiger partial charge in [0.05, 0.1) is 6.26 Å². The van der Waals surface area contributed by atoms with Crippen LogP contribution >= 0.6 is 0 Å². The summed E-state index contributed by atoms with van der Waals surface area (Å²) in [6.45, 7) is 5.24. The topological polar surface area (TPSA) is 43.9 Å². The van der Waals surface area contributed by atoms with Gasteiger partial charge >= 0.3 is 0 Å². The van der Waals surface area contributed by atoms with Crippen LogP contribution in [0, 0.1) is 5.92 Å². The van der Waals surface area contributed by atoms with E-state index in [9.17, 15) is 0 Å². The summed E-state index contributed by atoms with van der Waals surface area (Å²) in [4.78, 5) is 9.04. The fourth-order valence-corrected chi connectivity index (χ4v) is 2.09. The Balaban J connectivity index is 2.23. The van der Waals surface area contributed by atoms with E-state index in [1.165, 1.54) is 0 Å². The Hall–Kier alpha value is -2.10. The van der Waals surface area contributed by atoms with E-state index in [2.05, 4.69) is 28.4 Å². The monoisotopic (exact) mass is 241 g/mol. The number of furan rings is 1. The Bertz CT molecular complexity index is 653. The number of hydrogen-bond acceptors (Lipinski definition) is 3. The van der Waals surface area contributed by atoms with Crippen LogP contribution in [0.25, 0.3) is 22.7 Å². The van der Waals surface area contributed by atoms with Crippen molar-refractivity contribution in [2.24, 2.45) is 5.92 Å². The molecule has 4 heteroatoms. The molecule has 0 saturated heterocycles. The van der Waals surface area contributed by atoms with E-state index in [0.29, 0.717) is 5.92 Å². The second kappa shape index (κ2) is 4.29. The predicted octanol–water partition coefficient (Wildman–Crippen LogP) is 3.35. The molecule has 0 unspecified atom stereocenters. The van der Waals surface area contributed by atoms with Crippen LogP contribution in [0.4, 0.5) is 0 Å². The number of nitrogens with zero attached hydrogens (tertiary/aromatic N) is 3. The van der Waals surface area contributed by atoms with Gasteiger partial charge < -0.3 is 8.98 Å². The van der Waals surface area contributed by atoms with Crippen molar-refractivity contribution in [3.8, 4) is 11.6 Å². The van der Waals surface area contributed by atoms with Gasteiger partial charge in [-0.1, -0.05) is 13.8 Å². The zero-order valence-corrected chi connectivity index (χ0v) is 10.5. The molecule has 0 amide bonds. The molecule has 0 aliphatic heterocycles. The molecule has 3 rings (SSSR count). The lowest BCUT2D eigenvalue weighted by Gasteiger charge is -2.09. The third-order valence-corrected chi connectivity index (χ3v) is 2.79. The van der Waals surface area contributed by atoms with Crippen LogP contribution in [-0.4, -0.2) is 14.5 Å². The molecule has 0 N–H and O–H groups in total. The standard InChI is InChI=1S/C14H15N3O/c1-10(2)9-17-13-11(5-3-7-15-13)16-14(17)12-6-4-8-18-12/h3-8,10H,9H2,1-2H3. The van der Waals surface area contributed by atoms with Gasteiger partial charge in [-0.15, -0.1) is 0 Å². The van der Waals surface area contributed by atoms with Gasteiger partial charge in [-0.2, -0.15) is 0 Å². The average Bonchev–Trinajstić information content (AvgIpc) is 2.96. The maximum atomic E-state index is 5.46. The zero-order valence-electron chi connectivity index (χ0n) is 10.5. The zero-order chi connectivity index (χ0) is 12.5. The summed E-state index contributed by atoms with van der Waals surface area (Å²) in [7, 11) is 0. The summed E-state index contributed by atoms with van der Waals surface area (Å²) < 4.78 is 7.58. The van der Waals surface area contributed by atoms with Crippen LogP contribution in [-0.2, 0) is 6.54 Å². The molecule has 3 aromatic rings. The lowest BCUT2D eigenvalue weighted by molar-refractivity contribution is 0.520. The van der Waals surface area contributed by atoms with Crippen LogP contribution in [0.3, 0.4) is 0 Å². The van der Waals surface area contributed by atoms with Crippen molar-refractivity contribution >= 4 is 11.2 Å². The molecule has 0 aromatic carbocycles. The van der Waals surface area contributed by atoms with Crippen molar-refractivity contribution in [1.82, 2.24) is 14.5 Å². The minimum Gasteiger partial charge on any atom is -0.461 e. The highest BCUT2D eigenvalue weighted by atomic mass is 16.3. The van der Waals surface area contributed by atoms with Gasteiger partial charge in [0.15, 0.2) is 17.2 Å². The van der Waals surface area contributed by atoms with E-state index in [1.807, 2.05) is 24.3 Å². The summed E-state index contributed by atoms with van der Waals surface area (Å²) in [5.41, 5.74) is 1.82. The summed E-state index contributed by atoms with van der Waals surface area (Å²) in [5.74, 6) is 2.16. The van der Waals surface area contributed by atoms with Crippen LogP contribution < -0.4 is 0 Å². The molecular weight excluding hydrogens is 226 g/mol. The van der Waals surface area contributed by atoms with Gasteiger partial charge in [-0.3, -0.25) is 0 Å². The second-order valence-corrected chi connectivity index (χ2v) is 4.76. The van der Waals surface area contributed by atoms with E-state index in [1.54, 1.807) is 12.5 Å². The molecule has 0 bridgehead atoms. The van der Waals surface area contributed by atoms with Crippen molar-refractivity contribution < 1.29 is 4.42 Å². The molecule has 0 aliphatic rings. The van der Waals surface area contributed by atoms with Gasteiger partial charge in [0.25, 0.3) is 0 Å². The van der Waals surface area contributed by atoms with E-state index in [-0.39, 0.29) is 0 Å². The first-order valence-corrected chi connectivity index (χ1v) is 6.11. The Morgan fingerprint density at radius 3 is 2.89 bits per heavy atom. The van der Waals surface area contributed by atoms with Gasteiger partial charge in [0, 0.05) is 12.7 Å². The van der Waals surface area contributed by atoms with Crippen molar-refractivity contribution in [3.63, 3.8) is 0 Å². The van der Waals surface area contributed by atoms with Crippen LogP contribution in [0.15, 0.2) is 41.1 Å². The highest BCUT2D eigenvalue weighted by Crippen LogP contribution is 2.24. The number of fused-ring (bicyclic) bond motifs is 1. The first-order valence-electron chi connectivity index (χ1n) is 6.11. The van der Waals surface area contributed by atoms with Gasteiger partial charge in [-0.05, 0) is 30.2 Å². The summed E-state index contributed by atoms with van der Waals surface area (Å²) in [6.07, 6.45) is 3.47. The normalized spacial score (nSPS) is 11.5. The van der Waals surface area contributed by atoms with E-state index in [0.717, 1.165) is 29.3 Å². The summed E-state index contributed by atoms with van der Waals surface area (Å²) in [6, 6.07) is 7.69. The molecule has 0 aliphatic carbocycles. The van der Waals surface area contributed by atoms with E-state index >= 15 is 0 Å². The Morgan fingerprint density at radius 1 is 1.28 bits per heavy atom. The fourth-order valence-electron chi connectivity index (χ4n) is 2.09. The SMILES string of the molecule is CC(C)Cn1c(-c2ccco2)nc2cccnc21. The Morgan fingerprint density at radius 2 is 2.17 bits per heavy atom. The highest BCUT2D eigenvalue weighted by molar-refractivity contribution is 5.75. The minimum atomic E-state index is 0.526. The Labute approximate surface area is 105 Å². The molecule has 3 aromatic heterocycles. The van der Waals surface area contributed by atoms with E-state index < -0.39 is 0 Å². The number of pyridine rings is 1. The first-order chi connectivity index (χ1) is 8.75. The molecular formula is C14H15N3O. The summed E-state index contributed by atoms with van der Waals surface area (Å²) >= 11 is 0. The third-order valence-electron chi connectivity index (χ3n) is 2.79. The number of imidazole rings is 1. The molecule has 0 radical (unpaired) electrons. The average molecular weight is 241 g/mol. The second-order valence-electron chi connectivity index (χ2n) is 4.76. The lowest BCUT2D eigenvalue weighted by atomic mass is 10.2. The smallest absolute Gasteiger partial charge is 0.178 e. The van der Waals surface area contributed by atoms with Crippen molar-refractivity contribution in [2.45, 2.75) is 20.4 Å². The third kappa shape index (κ3) is 1.79. The van der Waals surface area contributed by atoms with Gasteiger partial charge in [0.2, 0.25) is 0 Å². The molecule has 3 heterocycles. The number of hydrogen-bond donors (Lipinski definition) is 0. The van der Waals surface area contributed by atoms with Crippen LogP contribution in [0.5, 0.6) is 0 Å². The highest BCUT2D eigenvalue weighted by Gasteiger charge is 2.15. The molecule has 0 fully saturated rings. The predicted molar refractivity (Wildman–Crippen MR) is 70.1 cm³/mol. The van der Waals surface area contributed by atoms with Crippen LogP contribution in [0.2, 0.25) is 0 Å². The lowest BCUT2D eigenvalue weighted by Crippen LogP contribution is -2.06. The molecule has 18 heavy (non-hydrogen) atoms. The van der Waals surface area contributed by atoms with Crippen LogP contribution in [0.1, 0.15) is 13.8 Å². The molecule has 0 atom stereocenters. The van der Waals surface area contributed by atoms with Gasteiger partial charge in [0.1, 0.15) is 5.52 Å². The van der Waals surface area contributed by atoms with Crippen molar-refractivity contribution in [2.75, 3.05) is 0 Å². The van der Waals surface area contributed by atoms with Crippen molar-refractivity contribution in [1.29, 1.82) is 0 Å². The molecule has 0 saturated carbocycles.